The van der Waals surface area contributed by atoms with Crippen LogP contribution in [0, 0.1) is 0 Å². The molecule has 0 atom stereocenters. The van der Waals surface area contributed by atoms with E-state index in [9.17, 15) is 4.79 Å². The van der Waals surface area contributed by atoms with Crippen molar-refractivity contribution in [1.29, 1.82) is 0 Å². The number of rotatable bonds is 2. The van der Waals surface area contributed by atoms with E-state index in [1.54, 1.807) is 0 Å². The molecule has 16 heavy (non-hydrogen) atoms. The molecular weight excluding hydrogens is 315 g/mol. The molecule has 0 bridgehead atoms. The van der Waals surface area contributed by atoms with Crippen LogP contribution in [-0.2, 0) is 8.59 Å². The van der Waals surface area contributed by atoms with Crippen molar-refractivity contribution < 1.29 is 4.79 Å². The Morgan fingerprint density at radius 2 is 1.88 bits per heavy atom. The lowest BCUT2D eigenvalue weighted by molar-refractivity contribution is 0.565. The molecule has 0 saturated heterocycles. The van der Waals surface area contributed by atoms with Gasteiger partial charge in [0.05, 0.1) is 5.69 Å². The molecule has 0 amide bonds. The van der Waals surface area contributed by atoms with Gasteiger partial charge >= 0.3 is 0 Å². The number of benzene rings is 1. The molecule has 0 radical (unpaired) electrons. The number of carbonyl (C=O) groups excluding carboxylic acids is 1. The molecule has 0 heterocycles. The summed E-state index contributed by atoms with van der Waals surface area (Å²) in [5, 5.41) is 0. The zero-order valence-corrected chi connectivity index (χ0v) is 11.3. The van der Waals surface area contributed by atoms with Crippen LogP contribution in [0.1, 0.15) is 16.0 Å². The Bertz CT molecular complexity index is 434. The summed E-state index contributed by atoms with van der Waals surface area (Å²) in [6.45, 7) is 0. The third-order valence-electron chi connectivity index (χ3n) is 1.76. The predicted molar refractivity (Wildman–Crippen MR) is 67.9 cm³/mol. The number of hydrogen-bond donors (Lipinski definition) is 0. The maximum atomic E-state index is 10.2. The van der Waals surface area contributed by atoms with Gasteiger partial charge in [0, 0.05) is 11.1 Å². The van der Waals surface area contributed by atoms with E-state index in [-0.39, 0.29) is 0 Å². The first-order valence-electron chi connectivity index (χ1n) is 3.93. The third-order valence-corrected chi connectivity index (χ3v) is 2.88. The number of halogens is 5. The smallest absolute Gasteiger partial charge is 0.211 e. The van der Waals surface area contributed by atoms with E-state index >= 15 is 0 Å². The van der Waals surface area contributed by atoms with Gasteiger partial charge in [-0.25, -0.2) is 4.79 Å². The van der Waals surface area contributed by atoms with Crippen LogP contribution in [0.4, 0.5) is 5.69 Å². The standard InChI is InChI=1S/C9H4Cl5NO/c10-8(11)6-3-5(9(12,13)14)1-2-7(6)15-4-16/h1-3,8H. The van der Waals surface area contributed by atoms with Crippen molar-refractivity contribution in [2.45, 2.75) is 8.63 Å². The second-order valence-electron chi connectivity index (χ2n) is 2.78. The van der Waals surface area contributed by atoms with Gasteiger partial charge in [-0.15, -0.1) is 0 Å². The van der Waals surface area contributed by atoms with Crippen molar-refractivity contribution in [2.24, 2.45) is 4.99 Å². The fraction of sp³-hybridized carbons (Fsp3) is 0.222. The lowest BCUT2D eigenvalue weighted by Crippen LogP contribution is -2.00. The van der Waals surface area contributed by atoms with E-state index in [0.717, 1.165) is 0 Å². The van der Waals surface area contributed by atoms with Crippen molar-refractivity contribution in [2.75, 3.05) is 0 Å². The number of isocyanates is 1. The largest absolute Gasteiger partial charge is 0.240 e. The minimum absolute atomic E-state index is 0.294. The topological polar surface area (TPSA) is 29.4 Å². The molecular formula is C9H4Cl5NO. The molecule has 0 spiro atoms. The highest BCUT2D eigenvalue weighted by Crippen LogP contribution is 2.42. The molecule has 0 saturated carbocycles. The van der Waals surface area contributed by atoms with E-state index < -0.39 is 8.63 Å². The second kappa shape index (κ2) is 5.59. The minimum atomic E-state index is -1.58. The van der Waals surface area contributed by atoms with Crippen LogP contribution in [0.3, 0.4) is 0 Å². The van der Waals surface area contributed by atoms with Gasteiger partial charge in [0.15, 0.2) is 0 Å². The summed E-state index contributed by atoms with van der Waals surface area (Å²) in [6.07, 6.45) is 1.40. The van der Waals surface area contributed by atoms with E-state index in [2.05, 4.69) is 4.99 Å². The average molecular weight is 319 g/mol. The highest BCUT2D eigenvalue weighted by atomic mass is 35.6. The first kappa shape index (κ1) is 14.1. The van der Waals surface area contributed by atoms with Gasteiger partial charge in [0.2, 0.25) is 9.87 Å². The quantitative estimate of drug-likeness (QED) is 0.430. The summed E-state index contributed by atoms with van der Waals surface area (Å²) in [4.78, 5) is 12.7. The van der Waals surface area contributed by atoms with E-state index in [1.165, 1.54) is 24.3 Å². The SMILES string of the molecule is O=C=Nc1ccc(C(Cl)(Cl)Cl)cc1C(Cl)Cl. The molecule has 0 N–H and O–H groups in total. The highest BCUT2D eigenvalue weighted by molar-refractivity contribution is 6.66. The maximum Gasteiger partial charge on any atom is 0.240 e. The van der Waals surface area contributed by atoms with Gasteiger partial charge in [-0.3, -0.25) is 0 Å². The molecule has 86 valence electrons. The fourth-order valence-electron chi connectivity index (χ4n) is 1.06. The fourth-order valence-corrected chi connectivity index (χ4v) is 1.76. The Morgan fingerprint density at radius 1 is 1.25 bits per heavy atom. The summed E-state index contributed by atoms with van der Waals surface area (Å²) in [5.74, 6) is 0. The van der Waals surface area contributed by atoms with Gasteiger partial charge < -0.3 is 0 Å². The molecule has 7 heteroatoms. The van der Waals surface area contributed by atoms with E-state index in [0.29, 0.717) is 16.8 Å². The molecule has 0 aliphatic carbocycles. The Balaban J connectivity index is 3.34. The second-order valence-corrected chi connectivity index (χ2v) is 6.15. The molecule has 0 aromatic heterocycles. The zero-order chi connectivity index (χ0) is 12.3. The van der Waals surface area contributed by atoms with Crippen molar-refractivity contribution >= 4 is 69.8 Å². The zero-order valence-electron chi connectivity index (χ0n) is 7.55. The molecule has 0 fully saturated rings. The normalized spacial score (nSPS) is 11.4. The molecule has 0 aliphatic heterocycles. The minimum Gasteiger partial charge on any atom is -0.211 e. The Kier molecular flexibility index (Phi) is 4.93. The van der Waals surface area contributed by atoms with Crippen LogP contribution < -0.4 is 0 Å². The van der Waals surface area contributed by atoms with Gasteiger partial charge in [0.25, 0.3) is 0 Å². The van der Waals surface area contributed by atoms with Crippen LogP contribution in [0.2, 0.25) is 0 Å². The van der Waals surface area contributed by atoms with E-state index in [1.807, 2.05) is 0 Å². The first-order chi connectivity index (χ1) is 7.36. The van der Waals surface area contributed by atoms with Crippen molar-refractivity contribution in [3.63, 3.8) is 0 Å². The van der Waals surface area contributed by atoms with Gasteiger partial charge in [-0.2, -0.15) is 4.99 Å². The maximum absolute atomic E-state index is 10.2. The van der Waals surface area contributed by atoms with Crippen molar-refractivity contribution in [3.05, 3.63) is 29.3 Å². The summed E-state index contributed by atoms with van der Waals surface area (Å²) < 4.78 is -1.58. The van der Waals surface area contributed by atoms with Gasteiger partial charge in [0.1, 0.15) is 4.84 Å². The van der Waals surface area contributed by atoms with Crippen LogP contribution in [0.15, 0.2) is 23.2 Å². The number of nitrogens with zero attached hydrogens (tertiary/aromatic N) is 1. The number of hydrogen-bond acceptors (Lipinski definition) is 2. The highest BCUT2D eigenvalue weighted by Gasteiger charge is 2.24. The monoisotopic (exact) mass is 317 g/mol. The van der Waals surface area contributed by atoms with Crippen LogP contribution in [0.25, 0.3) is 0 Å². The Morgan fingerprint density at radius 3 is 2.31 bits per heavy atom. The third kappa shape index (κ3) is 3.53. The lowest BCUT2D eigenvalue weighted by atomic mass is 10.1. The summed E-state index contributed by atoms with van der Waals surface area (Å²) in [7, 11) is 0. The van der Waals surface area contributed by atoms with Gasteiger partial charge in [-0.05, 0) is 12.1 Å². The molecule has 0 aliphatic rings. The molecule has 0 unspecified atom stereocenters. The van der Waals surface area contributed by atoms with Crippen molar-refractivity contribution in [3.8, 4) is 0 Å². The summed E-state index contributed by atoms with van der Waals surface area (Å²) >= 11 is 28.5. The predicted octanol–water partition coefficient (Wildman–Crippen LogP) is 4.96. The Hall–Kier alpha value is 0.0500. The lowest BCUT2D eigenvalue weighted by Gasteiger charge is -2.14. The Labute approximate surface area is 117 Å². The average Bonchev–Trinajstić information content (AvgIpc) is 2.16. The number of aliphatic imine (C=N–C) groups is 1. The number of alkyl halides is 5. The molecule has 2 nitrogen and oxygen atoms in total. The van der Waals surface area contributed by atoms with Crippen molar-refractivity contribution in [1.82, 2.24) is 0 Å². The molecule has 1 aromatic rings. The van der Waals surface area contributed by atoms with Crippen LogP contribution in [-0.4, -0.2) is 6.08 Å². The summed E-state index contributed by atoms with van der Waals surface area (Å²) in [6, 6.07) is 4.48. The van der Waals surface area contributed by atoms with Gasteiger partial charge in [-0.1, -0.05) is 64.1 Å². The molecule has 1 rings (SSSR count). The first-order valence-corrected chi connectivity index (χ1v) is 5.94. The molecule has 1 aromatic carbocycles. The van der Waals surface area contributed by atoms with Crippen LogP contribution in [0.5, 0.6) is 0 Å². The van der Waals surface area contributed by atoms with E-state index in [4.69, 9.17) is 58.0 Å². The van der Waals surface area contributed by atoms with Crippen LogP contribution >= 0.6 is 58.0 Å². The summed E-state index contributed by atoms with van der Waals surface area (Å²) in [5.41, 5.74) is 1.07.